The number of carbonyl (C=O) groups is 2. The van der Waals surface area contributed by atoms with E-state index in [1.54, 1.807) is 4.90 Å². The highest BCUT2D eigenvalue weighted by Gasteiger charge is 2.22. The lowest BCUT2D eigenvalue weighted by molar-refractivity contribution is -0.132. The zero-order valence-electron chi connectivity index (χ0n) is 13.7. The molecule has 0 aromatic heterocycles. The van der Waals surface area contributed by atoms with E-state index in [2.05, 4.69) is 0 Å². The van der Waals surface area contributed by atoms with Crippen LogP contribution in [0.1, 0.15) is 25.7 Å². The maximum Gasteiger partial charge on any atom is 0.232 e. The molecule has 0 unspecified atom stereocenters. The monoisotopic (exact) mass is 322 g/mol. The first-order valence-corrected chi connectivity index (χ1v) is 8.46. The van der Waals surface area contributed by atoms with Crippen molar-refractivity contribution in [3.05, 3.63) is 60.7 Å². The summed E-state index contributed by atoms with van der Waals surface area (Å²) in [6.45, 7) is 1.65. The summed E-state index contributed by atoms with van der Waals surface area (Å²) in [5.41, 5.74) is 1.64. The first kappa shape index (κ1) is 16.2. The van der Waals surface area contributed by atoms with Crippen molar-refractivity contribution in [2.75, 3.05) is 18.0 Å². The van der Waals surface area contributed by atoms with E-state index in [1.165, 1.54) is 0 Å². The predicted molar refractivity (Wildman–Crippen MR) is 95.1 cm³/mol. The molecule has 1 saturated heterocycles. The maximum absolute atomic E-state index is 12.8. The summed E-state index contributed by atoms with van der Waals surface area (Å²) in [6, 6.07) is 19.1. The Balaban J connectivity index is 1.73. The molecule has 1 aliphatic rings. The van der Waals surface area contributed by atoms with E-state index >= 15 is 0 Å². The molecule has 0 bridgehead atoms. The fraction of sp³-hybridized carbons (Fsp3) is 0.300. The SMILES string of the molecule is O=C(CCC(=O)N(c1ccccc1)c1ccccc1)N1CCCC1. The van der Waals surface area contributed by atoms with Crippen LogP contribution in [0, 0.1) is 0 Å². The van der Waals surface area contributed by atoms with Crippen molar-refractivity contribution in [2.45, 2.75) is 25.7 Å². The minimum absolute atomic E-state index is 0.0556. The second kappa shape index (κ2) is 7.77. The van der Waals surface area contributed by atoms with Crippen molar-refractivity contribution in [1.29, 1.82) is 0 Å². The molecule has 4 heteroatoms. The summed E-state index contributed by atoms with van der Waals surface area (Å²) in [5.74, 6) is 0.0295. The van der Waals surface area contributed by atoms with Gasteiger partial charge in [0.05, 0.1) is 0 Å². The molecular weight excluding hydrogens is 300 g/mol. The zero-order valence-corrected chi connectivity index (χ0v) is 13.7. The molecule has 1 fully saturated rings. The highest BCUT2D eigenvalue weighted by molar-refractivity contribution is 6.01. The molecule has 4 nitrogen and oxygen atoms in total. The largest absolute Gasteiger partial charge is 0.343 e. The summed E-state index contributed by atoms with van der Waals surface area (Å²) in [6.07, 6.45) is 2.63. The van der Waals surface area contributed by atoms with Crippen LogP contribution >= 0.6 is 0 Å². The van der Waals surface area contributed by atoms with Crippen LogP contribution in [-0.2, 0) is 9.59 Å². The molecule has 124 valence electrons. The summed E-state index contributed by atoms with van der Waals surface area (Å²) in [5, 5.41) is 0. The van der Waals surface area contributed by atoms with Gasteiger partial charge in [-0.15, -0.1) is 0 Å². The second-order valence-electron chi connectivity index (χ2n) is 5.99. The number of hydrogen-bond acceptors (Lipinski definition) is 2. The fourth-order valence-electron chi connectivity index (χ4n) is 3.04. The molecule has 0 N–H and O–H groups in total. The van der Waals surface area contributed by atoms with Gasteiger partial charge >= 0.3 is 0 Å². The van der Waals surface area contributed by atoms with Gasteiger partial charge in [0.2, 0.25) is 11.8 Å². The number of benzene rings is 2. The number of nitrogens with zero attached hydrogens (tertiary/aromatic N) is 2. The maximum atomic E-state index is 12.8. The second-order valence-corrected chi connectivity index (χ2v) is 5.99. The molecule has 24 heavy (non-hydrogen) atoms. The molecule has 3 rings (SSSR count). The van der Waals surface area contributed by atoms with Crippen LogP contribution in [-0.4, -0.2) is 29.8 Å². The average Bonchev–Trinajstić information content (AvgIpc) is 3.16. The third-order valence-electron chi connectivity index (χ3n) is 4.29. The minimum atomic E-state index is -0.0556. The quantitative estimate of drug-likeness (QED) is 0.841. The van der Waals surface area contributed by atoms with E-state index < -0.39 is 0 Å². The Kier molecular flexibility index (Phi) is 5.26. The van der Waals surface area contributed by atoms with Gasteiger partial charge in [-0.1, -0.05) is 36.4 Å². The van der Waals surface area contributed by atoms with Gasteiger partial charge in [0.15, 0.2) is 0 Å². The molecule has 0 saturated carbocycles. The van der Waals surface area contributed by atoms with Crippen molar-refractivity contribution in [3.63, 3.8) is 0 Å². The zero-order chi connectivity index (χ0) is 16.8. The Labute approximate surface area is 142 Å². The average molecular weight is 322 g/mol. The number of carbonyl (C=O) groups excluding carboxylic acids is 2. The summed E-state index contributed by atoms with van der Waals surface area (Å²) in [4.78, 5) is 28.6. The number of hydrogen-bond donors (Lipinski definition) is 0. The lowest BCUT2D eigenvalue weighted by Crippen LogP contribution is -2.31. The van der Waals surface area contributed by atoms with Crippen LogP contribution in [0.25, 0.3) is 0 Å². The Hall–Kier alpha value is -2.62. The molecule has 0 aliphatic carbocycles. The van der Waals surface area contributed by atoms with Crippen molar-refractivity contribution in [2.24, 2.45) is 0 Å². The predicted octanol–water partition coefficient (Wildman–Crippen LogP) is 3.75. The first-order valence-electron chi connectivity index (χ1n) is 8.46. The topological polar surface area (TPSA) is 40.6 Å². The van der Waals surface area contributed by atoms with Crippen LogP contribution in [0.15, 0.2) is 60.7 Å². The molecule has 2 aromatic carbocycles. The van der Waals surface area contributed by atoms with Crippen LogP contribution in [0.2, 0.25) is 0 Å². The molecule has 0 spiro atoms. The minimum Gasteiger partial charge on any atom is -0.343 e. The lowest BCUT2D eigenvalue weighted by atomic mass is 10.2. The molecule has 1 aliphatic heterocycles. The van der Waals surface area contributed by atoms with E-state index in [4.69, 9.17) is 0 Å². The van der Waals surface area contributed by atoms with Gasteiger partial charge in [0.1, 0.15) is 0 Å². The van der Waals surface area contributed by atoms with Gasteiger partial charge < -0.3 is 4.90 Å². The normalized spacial score (nSPS) is 13.8. The number of rotatable bonds is 5. The van der Waals surface area contributed by atoms with Gasteiger partial charge in [0, 0.05) is 37.3 Å². The summed E-state index contributed by atoms with van der Waals surface area (Å²) >= 11 is 0. The third-order valence-corrected chi connectivity index (χ3v) is 4.29. The molecule has 2 aromatic rings. The van der Waals surface area contributed by atoms with Crippen molar-refractivity contribution >= 4 is 23.2 Å². The summed E-state index contributed by atoms with van der Waals surface area (Å²) < 4.78 is 0. The van der Waals surface area contributed by atoms with Crippen LogP contribution in [0.5, 0.6) is 0 Å². The smallest absolute Gasteiger partial charge is 0.232 e. The van der Waals surface area contributed by atoms with E-state index in [0.29, 0.717) is 0 Å². The van der Waals surface area contributed by atoms with Gasteiger partial charge in [-0.3, -0.25) is 14.5 Å². The fourth-order valence-corrected chi connectivity index (χ4v) is 3.04. The first-order chi connectivity index (χ1) is 11.8. The standard InChI is InChI=1S/C20H22N2O2/c23-19(21-15-7-8-16-21)13-14-20(24)22(17-9-3-1-4-10-17)18-11-5-2-6-12-18/h1-6,9-12H,7-8,13-16H2. The number of likely N-dealkylation sites (tertiary alicyclic amines) is 1. The Morgan fingerprint density at radius 1 is 0.792 bits per heavy atom. The van der Waals surface area contributed by atoms with E-state index in [0.717, 1.165) is 37.3 Å². The van der Waals surface area contributed by atoms with E-state index in [9.17, 15) is 9.59 Å². The lowest BCUT2D eigenvalue weighted by Gasteiger charge is -2.23. The third kappa shape index (κ3) is 3.82. The Bertz CT molecular complexity index is 640. The van der Waals surface area contributed by atoms with Crippen LogP contribution in [0.3, 0.4) is 0 Å². The van der Waals surface area contributed by atoms with Crippen molar-refractivity contribution in [1.82, 2.24) is 4.90 Å². The van der Waals surface area contributed by atoms with Gasteiger partial charge in [-0.05, 0) is 37.1 Å². The molecule has 0 atom stereocenters. The van der Waals surface area contributed by atoms with Crippen molar-refractivity contribution < 1.29 is 9.59 Å². The molecule has 0 radical (unpaired) electrons. The van der Waals surface area contributed by atoms with E-state index in [-0.39, 0.29) is 24.7 Å². The number of para-hydroxylation sites is 2. The van der Waals surface area contributed by atoms with Gasteiger partial charge in [-0.2, -0.15) is 0 Å². The summed E-state index contributed by atoms with van der Waals surface area (Å²) in [7, 11) is 0. The number of amides is 2. The van der Waals surface area contributed by atoms with Crippen LogP contribution < -0.4 is 4.90 Å². The Morgan fingerprint density at radius 2 is 1.29 bits per heavy atom. The molecule has 1 heterocycles. The Morgan fingerprint density at radius 3 is 1.79 bits per heavy atom. The number of anilines is 2. The van der Waals surface area contributed by atoms with Crippen LogP contribution in [0.4, 0.5) is 11.4 Å². The highest BCUT2D eigenvalue weighted by Crippen LogP contribution is 2.26. The van der Waals surface area contributed by atoms with E-state index in [1.807, 2.05) is 65.6 Å². The van der Waals surface area contributed by atoms with Crippen molar-refractivity contribution in [3.8, 4) is 0 Å². The molecular formula is C20H22N2O2. The van der Waals surface area contributed by atoms with Gasteiger partial charge in [-0.25, -0.2) is 0 Å². The molecule has 2 amide bonds. The van der Waals surface area contributed by atoms with Gasteiger partial charge in [0.25, 0.3) is 0 Å². The highest BCUT2D eigenvalue weighted by atomic mass is 16.2.